The number of methoxy groups -OCH3 is 1. The first-order valence-electron chi connectivity index (χ1n) is 7.41. The zero-order chi connectivity index (χ0) is 15.0. The first-order valence-corrected chi connectivity index (χ1v) is 7.41. The van der Waals surface area contributed by atoms with E-state index < -0.39 is 11.8 Å². The van der Waals surface area contributed by atoms with Crippen LogP contribution in [0.25, 0.3) is 0 Å². The van der Waals surface area contributed by atoms with Crippen LogP contribution in [0.3, 0.4) is 0 Å². The van der Waals surface area contributed by atoms with Gasteiger partial charge in [0.1, 0.15) is 5.82 Å². The lowest BCUT2D eigenvalue weighted by atomic mass is 9.95. The van der Waals surface area contributed by atoms with Gasteiger partial charge >= 0.3 is 5.97 Å². The van der Waals surface area contributed by atoms with E-state index in [9.17, 15) is 9.18 Å². The van der Waals surface area contributed by atoms with Gasteiger partial charge in [-0.15, -0.1) is 0 Å². The third-order valence-corrected chi connectivity index (χ3v) is 4.80. The number of rotatable bonds is 2. The highest BCUT2D eigenvalue weighted by atomic mass is 19.1. The number of esters is 1. The zero-order valence-electron chi connectivity index (χ0n) is 12.6. The number of ether oxygens (including phenoxy) is 1. The SMILES string of the molecule is COC(=O)c1ccc(N2CCN3CCC[C@@]3(C)C2)cc1F. The Kier molecular flexibility index (Phi) is 3.61. The maximum Gasteiger partial charge on any atom is 0.340 e. The van der Waals surface area contributed by atoms with E-state index in [1.165, 1.54) is 38.6 Å². The third-order valence-electron chi connectivity index (χ3n) is 4.80. The summed E-state index contributed by atoms with van der Waals surface area (Å²) in [6, 6.07) is 4.77. The average molecular weight is 292 g/mol. The molecule has 0 radical (unpaired) electrons. The summed E-state index contributed by atoms with van der Waals surface area (Å²) in [5.41, 5.74) is 1.02. The van der Waals surface area contributed by atoms with Crippen LogP contribution in [0.4, 0.5) is 10.1 Å². The van der Waals surface area contributed by atoms with E-state index >= 15 is 0 Å². The van der Waals surface area contributed by atoms with Gasteiger partial charge in [-0.05, 0) is 44.5 Å². The Bertz CT molecular complexity index is 563. The number of halogens is 1. The van der Waals surface area contributed by atoms with Crippen LogP contribution < -0.4 is 4.90 Å². The molecule has 1 aromatic rings. The average Bonchev–Trinajstić information content (AvgIpc) is 2.86. The molecule has 0 amide bonds. The van der Waals surface area contributed by atoms with E-state index in [2.05, 4.69) is 21.5 Å². The number of piperazine rings is 1. The van der Waals surface area contributed by atoms with Gasteiger partial charge < -0.3 is 9.64 Å². The molecule has 0 N–H and O–H groups in total. The summed E-state index contributed by atoms with van der Waals surface area (Å²) in [5, 5.41) is 0. The van der Waals surface area contributed by atoms with E-state index in [4.69, 9.17) is 0 Å². The zero-order valence-corrected chi connectivity index (χ0v) is 12.6. The third kappa shape index (κ3) is 2.50. The Hall–Kier alpha value is -1.62. The van der Waals surface area contributed by atoms with Crippen LogP contribution in [0.15, 0.2) is 18.2 Å². The molecule has 0 aromatic heterocycles. The fraction of sp³-hybridized carbons (Fsp3) is 0.562. The van der Waals surface area contributed by atoms with Crippen molar-refractivity contribution >= 4 is 11.7 Å². The minimum Gasteiger partial charge on any atom is -0.465 e. The molecule has 0 bridgehead atoms. The molecule has 0 unspecified atom stereocenters. The normalized spacial score (nSPS) is 25.8. The molecule has 2 aliphatic heterocycles. The van der Waals surface area contributed by atoms with Gasteiger partial charge in [0.25, 0.3) is 0 Å². The second-order valence-corrected chi connectivity index (χ2v) is 6.16. The molecule has 114 valence electrons. The molecular formula is C16H21FN2O2. The highest BCUT2D eigenvalue weighted by Crippen LogP contribution is 2.34. The van der Waals surface area contributed by atoms with Crippen LogP contribution in [-0.4, -0.2) is 49.7 Å². The lowest BCUT2D eigenvalue weighted by Gasteiger charge is -2.46. The number of fused-ring (bicyclic) bond motifs is 1. The highest BCUT2D eigenvalue weighted by Gasteiger charge is 2.41. The van der Waals surface area contributed by atoms with E-state index in [1.54, 1.807) is 0 Å². The minimum atomic E-state index is -0.633. The number of hydrogen-bond donors (Lipinski definition) is 0. The Balaban J connectivity index is 1.81. The highest BCUT2D eigenvalue weighted by molar-refractivity contribution is 5.90. The summed E-state index contributed by atoms with van der Waals surface area (Å²) in [6.07, 6.45) is 2.42. The molecule has 2 aliphatic rings. The first-order chi connectivity index (χ1) is 10.0. The van der Waals surface area contributed by atoms with Crippen molar-refractivity contribution in [1.29, 1.82) is 0 Å². The standard InChI is InChI=1S/C16H21FN2O2/c1-16-6-3-7-19(16)9-8-18(11-16)12-4-5-13(14(17)10-12)15(20)21-2/h4-5,10H,3,6-9,11H2,1-2H3/t16-/m0/s1. The van der Waals surface area contributed by atoms with Crippen molar-refractivity contribution in [3.8, 4) is 0 Å². The molecule has 2 fully saturated rings. The number of carbonyl (C=O) groups excluding carboxylic acids is 1. The van der Waals surface area contributed by atoms with Gasteiger partial charge in [0, 0.05) is 30.9 Å². The first kappa shape index (κ1) is 14.3. The summed E-state index contributed by atoms with van der Waals surface area (Å²) in [5.74, 6) is -1.15. The maximum absolute atomic E-state index is 14.1. The van der Waals surface area contributed by atoms with Gasteiger partial charge in [0.15, 0.2) is 0 Å². The van der Waals surface area contributed by atoms with Gasteiger partial charge in [0.05, 0.1) is 12.7 Å². The van der Waals surface area contributed by atoms with Gasteiger partial charge in [-0.1, -0.05) is 0 Å². The summed E-state index contributed by atoms with van der Waals surface area (Å²) in [7, 11) is 1.26. The molecule has 0 aliphatic carbocycles. The van der Waals surface area contributed by atoms with Crippen LogP contribution >= 0.6 is 0 Å². The van der Waals surface area contributed by atoms with Gasteiger partial charge in [-0.3, -0.25) is 4.90 Å². The fourth-order valence-corrected chi connectivity index (χ4v) is 3.57. The molecule has 0 saturated carbocycles. The second kappa shape index (κ2) is 5.30. The van der Waals surface area contributed by atoms with E-state index in [-0.39, 0.29) is 11.1 Å². The van der Waals surface area contributed by atoms with Crippen LogP contribution in [0.5, 0.6) is 0 Å². The van der Waals surface area contributed by atoms with Gasteiger partial charge in [-0.25, -0.2) is 9.18 Å². The van der Waals surface area contributed by atoms with Crippen molar-refractivity contribution in [2.75, 3.05) is 38.2 Å². The predicted molar refractivity (Wildman–Crippen MR) is 79.2 cm³/mol. The number of carbonyl (C=O) groups is 1. The molecule has 0 spiro atoms. The monoisotopic (exact) mass is 292 g/mol. The maximum atomic E-state index is 14.1. The Morgan fingerprint density at radius 3 is 2.86 bits per heavy atom. The Morgan fingerprint density at radius 2 is 2.14 bits per heavy atom. The fourth-order valence-electron chi connectivity index (χ4n) is 3.57. The van der Waals surface area contributed by atoms with Crippen LogP contribution in [0.1, 0.15) is 30.1 Å². The van der Waals surface area contributed by atoms with Crippen molar-refractivity contribution in [3.05, 3.63) is 29.6 Å². The van der Waals surface area contributed by atoms with Crippen molar-refractivity contribution in [1.82, 2.24) is 4.90 Å². The summed E-state index contributed by atoms with van der Waals surface area (Å²) in [4.78, 5) is 16.2. The largest absolute Gasteiger partial charge is 0.465 e. The lowest BCUT2D eigenvalue weighted by Crippen LogP contribution is -2.57. The Morgan fingerprint density at radius 1 is 1.33 bits per heavy atom. The van der Waals surface area contributed by atoms with E-state index in [0.29, 0.717) is 0 Å². The second-order valence-electron chi connectivity index (χ2n) is 6.16. The number of hydrogen-bond acceptors (Lipinski definition) is 4. The number of benzene rings is 1. The van der Waals surface area contributed by atoms with Crippen molar-refractivity contribution in [2.24, 2.45) is 0 Å². The lowest BCUT2D eigenvalue weighted by molar-refractivity contribution is 0.0595. The Labute approximate surface area is 124 Å². The molecule has 2 heterocycles. The quantitative estimate of drug-likeness (QED) is 0.783. The predicted octanol–water partition coefficient (Wildman–Crippen LogP) is 2.29. The minimum absolute atomic E-state index is 0.00744. The molecule has 1 aromatic carbocycles. The van der Waals surface area contributed by atoms with Crippen molar-refractivity contribution in [2.45, 2.75) is 25.3 Å². The van der Waals surface area contributed by atoms with E-state index in [0.717, 1.165) is 25.3 Å². The van der Waals surface area contributed by atoms with Crippen molar-refractivity contribution in [3.63, 3.8) is 0 Å². The van der Waals surface area contributed by atoms with E-state index in [1.807, 2.05) is 6.07 Å². The van der Waals surface area contributed by atoms with Crippen LogP contribution in [-0.2, 0) is 4.74 Å². The molecule has 21 heavy (non-hydrogen) atoms. The topological polar surface area (TPSA) is 32.8 Å². The molecule has 2 saturated heterocycles. The molecule has 4 nitrogen and oxygen atoms in total. The molecule has 1 atom stereocenters. The summed E-state index contributed by atoms with van der Waals surface area (Å²) < 4.78 is 18.6. The molecule has 5 heteroatoms. The molecule has 3 rings (SSSR count). The van der Waals surface area contributed by atoms with Crippen LogP contribution in [0.2, 0.25) is 0 Å². The van der Waals surface area contributed by atoms with Crippen LogP contribution in [0, 0.1) is 5.82 Å². The summed E-state index contributed by atoms with van der Waals surface area (Å²) >= 11 is 0. The van der Waals surface area contributed by atoms with Gasteiger partial charge in [0.2, 0.25) is 0 Å². The molecular weight excluding hydrogens is 271 g/mol. The number of anilines is 1. The number of nitrogens with zero attached hydrogens (tertiary/aromatic N) is 2. The van der Waals surface area contributed by atoms with Gasteiger partial charge in [-0.2, -0.15) is 0 Å². The smallest absolute Gasteiger partial charge is 0.340 e. The van der Waals surface area contributed by atoms with Crippen molar-refractivity contribution < 1.29 is 13.9 Å². The summed E-state index contributed by atoms with van der Waals surface area (Å²) in [6.45, 7) is 6.26.